The first-order chi connectivity index (χ1) is 9.96. The van der Waals surface area contributed by atoms with Crippen molar-refractivity contribution in [2.75, 3.05) is 7.05 Å². The van der Waals surface area contributed by atoms with Gasteiger partial charge in [-0.2, -0.15) is 0 Å². The third-order valence-corrected chi connectivity index (χ3v) is 3.27. The van der Waals surface area contributed by atoms with Crippen LogP contribution in [0.25, 0.3) is 0 Å². The van der Waals surface area contributed by atoms with Crippen LogP contribution in [0.3, 0.4) is 0 Å². The van der Waals surface area contributed by atoms with Gasteiger partial charge in [-0.15, -0.1) is 19.8 Å². The number of hydrogen-bond donors (Lipinski definition) is 1. The number of hydrogen-bond acceptors (Lipinski definition) is 2. The molecule has 1 aromatic carbocycles. The number of halogens is 3. The fourth-order valence-corrected chi connectivity index (χ4v) is 2.19. The van der Waals surface area contributed by atoms with Gasteiger partial charge in [0.15, 0.2) is 0 Å². The Bertz CT molecular complexity index is 415. The molecule has 1 atom stereocenters. The quantitative estimate of drug-likeness (QED) is 0.513. The van der Waals surface area contributed by atoms with Gasteiger partial charge < -0.3 is 10.1 Å². The van der Waals surface area contributed by atoms with E-state index in [0.29, 0.717) is 0 Å². The molecular formula is C16H22F3NO. The molecule has 0 aliphatic rings. The van der Waals surface area contributed by atoms with Crippen molar-refractivity contribution < 1.29 is 17.9 Å². The highest BCUT2D eigenvalue weighted by molar-refractivity contribution is 5.29. The van der Waals surface area contributed by atoms with Gasteiger partial charge in [-0.25, -0.2) is 0 Å². The summed E-state index contributed by atoms with van der Waals surface area (Å²) in [4.78, 5) is 0. The molecule has 5 heteroatoms. The summed E-state index contributed by atoms with van der Waals surface area (Å²) in [6.45, 7) is 3.69. The van der Waals surface area contributed by atoms with Crippen LogP contribution in [0.2, 0.25) is 0 Å². The van der Waals surface area contributed by atoms with E-state index in [1.54, 1.807) is 12.1 Å². The molecule has 2 nitrogen and oxygen atoms in total. The second-order valence-corrected chi connectivity index (χ2v) is 4.88. The molecule has 21 heavy (non-hydrogen) atoms. The number of benzene rings is 1. The van der Waals surface area contributed by atoms with E-state index in [-0.39, 0.29) is 11.8 Å². The molecule has 0 saturated heterocycles. The zero-order valence-electron chi connectivity index (χ0n) is 12.2. The largest absolute Gasteiger partial charge is 0.573 e. The first-order valence-corrected chi connectivity index (χ1v) is 7.10. The maximum Gasteiger partial charge on any atom is 0.573 e. The summed E-state index contributed by atoms with van der Waals surface area (Å²) in [6.07, 6.45) is 2.56. The molecule has 0 heterocycles. The van der Waals surface area contributed by atoms with Gasteiger partial charge in [0.2, 0.25) is 0 Å². The maximum atomic E-state index is 12.1. The predicted molar refractivity (Wildman–Crippen MR) is 78.2 cm³/mol. The van der Waals surface area contributed by atoms with Crippen molar-refractivity contribution in [1.29, 1.82) is 0 Å². The zero-order chi connectivity index (χ0) is 15.7. The number of ether oxygens (including phenoxy) is 1. The predicted octanol–water partition coefficient (Wildman–Crippen LogP) is 4.98. The average Bonchev–Trinajstić information content (AvgIpc) is 2.42. The van der Waals surface area contributed by atoms with Crippen molar-refractivity contribution >= 4 is 0 Å². The first-order valence-electron chi connectivity index (χ1n) is 7.10. The molecule has 0 aliphatic carbocycles. The Kier molecular flexibility index (Phi) is 7.29. The number of allylic oxidation sites excluding steroid dienone is 1. The molecule has 0 fully saturated rings. The number of nitrogens with one attached hydrogen (secondary N) is 1. The second-order valence-electron chi connectivity index (χ2n) is 4.88. The van der Waals surface area contributed by atoms with Crippen LogP contribution in [0.15, 0.2) is 36.9 Å². The number of unbranched alkanes of at least 4 members (excludes halogenated alkanes) is 3. The van der Waals surface area contributed by atoms with Gasteiger partial charge in [0, 0.05) is 6.04 Å². The van der Waals surface area contributed by atoms with E-state index < -0.39 is 6.36 Å². The zero-order valence-corrected chi connectivity index (χ0v) is 12.2. The van der Waals surface area contributed by atoms with Crippen molar-refractivity contribution in [2.45, 2.75) is 44.5 Å². The summed E-state index contributed by atoms with van der Waals surface area (Å²) in [6, 6.07) is 6.20. The molecule has 0 saturated carbocycles. The summed E-state index contributed by atoms with van der Waals surface area (Å²) >= 11 is 0. The average molecular weight is 301 g/mol. The van der Waals surface area contributed by atoms with Gasteiger partial charge in [-0.3, -0.25) is 0 Å². The van der Waals surface area contributed by atoms with Crippen LogP contribution in [0.5, 0.6) is 5.75 Å². The van der Waals surface area contributed by atoms with Crippen LogP contribution >= 0.6 is 0 Å². The van der Waals surface area contributed by atoms with E-state index >= 15 is 0 Å². The highest BCUT2D eigenvalue weighted by atomic mass is 19.4. The van der Waals surface area contributed by atoms with Crippen LogP contribution in [0.4, 0.5) is 13.2 Å². The summed E-state index contributed by atoms with van der Waals surface area (Å²) in [5.41, 5.74) is 0.968. The fourth-order valence-electron chi connectivity index (χ4n) is 2.19. The molecule has 1 aromatic rings. The molecule has 0 aliphatic heterocycles. The molecule has 0 spiro atoms. The lowest BCUT2D eigenvalue weighted by molar-refractivity contribution is -0.274. The summed E-state index contributed by atoms with van der Waals surface area (Å²) in [5.74, 6) is -0.188. The van der Waals surface area contributed by atoms with E-state index in [2.05, 4.69) is 16.6 Å². The molecule has 0 radical (unpaired) electrons. The molecule has 0 amide bonds. The van der Waals surface area contributed by atoms with Gasteiger partial charge in [0.25, 0.3) is 0 Å². The van der Waals surface area contributed by atoms with Crippen LogP contribution < -0.4 is 10.1 Å². The second kappa shape index (κ2) is 8.72. The third-order valence-electron chi connectivity index (χ3n) is 3.27. The molecule has 1 rings (SSSR count). The normalized spacial score (nSPS) is 13.0. The van der Waals surface area contributed by atoms with Gasteiger partial charge in [0.1, 0.15) is 5.75 Å². The Hall–Kier alpha value is -1.49. The van der Waals surface area contributed by atoms with Gasteiger partial charge in [0.05, 0.1) is 0 Å². The monoisotopic (exact) mass is 301 g/mol. The maximum absolute atomic E-state index is 12.1. The van der Waals surface area contributed by atoms with Crippen LogP contribution in [0, 0.1) is 0 Å². The van der Waals surface area contributed by atoms with Crippen LogP contribution in [-0.2, 0) is 0 Å². The van der Waals surface area contributed by atoms with Crippen molar-refractivity contribution in [2.24, 2.45) is 0 Å². The number of rotatable bonds is 9. The molecular weight excluding hydrogens is 279 g/mol. The van der Waals surface area contributed by atoms with Crippen LogP contribution in [-0.4, -0.2) is 13.4 Å². The Morgan fingerprint density at radius 2 is 1.86 bits per heavy atom. The highest BCUT2D eigenvalue weighted by Gasteiger charge is 2.31. The molecule has 0 aromatic heterocycles. The van der Waals surface area contributed by atoms with E-state index in [1.807, 2.05) is 13.1 Å². The molecule has 0 bridgehead atoms. The van der Waals surface area contributed by atoms with E-state index in [9.17, 15) is 13.2 Å². The third kappa shape index (κ3) is 7.18. The van der Waals surface area contributed by atoms with Gasteiger partial charge in [-0.1, -0.05) is 31.1 Å². The van der Waals surface area contributed by atoms with E-state index in [4.69, 9.17) is 0 Å². The van der Waals surface area contributed by atoms with Crippen molar-refractivity contribution in [3.8, 4) is 5.75 Å². The summed E-state index contributed by atoms with van der Waals surface area (Å²) in [7, 11) is 1.86. The molecule has 118 valence electrons. The Morgan fingerprint density at radius 1 is 1.19 bits per heavy atom. The lowest BCUT2D eigenvalue weighted by Gasteiger charge is -2.17. The molecule has 1 unspecified atom stereocenters. The van der Waals surface area contributed by atoms with Crippen LogP contribution in [0.1, 0.15) is 43.7 Å². The minimum Gasteiger partial charge on any atom is -0.406 e. The van der Waals surface area contributed by atoms with Crippen molar-refractivity contribution in [3.05, 3.63) is 42.5 Å². The Morgan fingerprint density at radius 3 is 2.38 bits per heavy atom. The lowest BCUT2D eigenvalue weighted by atomic mass is 10.00. The topological polar surface area (TPSA) is 21.3 Å². The number of alkyl halides is 3. The summed E-state index contributed by atoms with van der Waals surface area (Å²) in [5, 5.41) is 3.19. The Labute approximate surface area is 124 Å². The van der Waals surface area contributed by atoms with Gasteiger partial charge in [-0.05, 0) is 44.0 Å². The van der Waals surface area contributed by atoms with E-state index in [0.717, 1.165) is 37.7 Å². The Balaban J connectivity index is 2.51. The highest BCUT2D eigenvalue weighted by Crippen LogP contribution is 2.26. The first kappa shape index (κ1) is 17.6. The van der Waals surface area contributed by atoms with Crippen molar-refractivity contribution in [1.82, 2.24) is 5.32 Å². The van der Waals surface area contributed by atoms with Gasteiger partial charge >= 0.3 is 6.36 Å². The van der Waals surface area contributed by atoms with E-state index in [1.165, 1.54) is 12.1 Å². The minimum absolute atomic E-state index is 0.147. The SMILES string of the molecule is C=CCCCCCC(NC)c1ccc(OC(F)(F)F)cc1. The smallest absolute Gasteiger partial charge is 0.406 e. The summed E-state index contributed by atoms with van der Waals surface area (Å²) < 4.78 is 40.1. The fraction of sp³-hybridized carbons (Fsp3) is 0.500. The standard InChI is InChI=1S/C16H22F3NO/c1-3-4-5-6-7-8-15(20-2)13-9-11-14(12-10-13)21-16(17,18)19/h3,9-12,15,20H,1,4-8H2,2H3. The lowest BCUT2D eigenvalue weighted by Crippen LogP contribution is -2.18. The molecule has 1 N–H and O–H groups in total. The minimum atomic E-state index is -4.64. The van der Waals surface area contributed by atoms with Crippen molar-refractivity contribution in [3.63, 3.8) is 0 Å².